The van der Waals surface area contributed by atoms with Gasteiger partial charge in [-0.25, -0.2) is 13.2 Å². The van der Waals surface area contributed by atoms with Crippen LogP contribution >= 0.6 is 0 Å². The number of fused-ring (bicyclic) bond motifs is 7. The number of nitrogens with one attached hydrogen (secondary N) is 1. The zero-order chi connectivity index (χ0) is 44.3. The summed E-state index contributed by atoms with van der Waals surface area (Å²) in [6.45, 7) is 25.6. The van der Waals surface area contributed by atoms with Crippen LogP contribution in [0.1, 0.15) is 142 Å². The number of ether oxygens (including phenoxy) is 2. The molecule has 1 saturated heterocycles. The maximum Gasteiger partial charge on any atom is 0.338 e. The Bertz CT molecular complexity index is 2050. The number of rotatable bonds is 12. The third-order valence-corrected chi connectivity index (χ3v) is 21.1. The van der Waals surface area contributed by atoms with Crippen LogP contribution in [0, 0.1) is 56.7 Å². The van der Waals surface area contributed by atoms with Crippen LogP contribution in [-0.4, -0.2) is 81.7 Å². The molecule has 342 valence electrons. The molecule has 1 N–H and O–H groups in total. The SMILES string of the molecule is C=C(C)[C@@H]1CC[C@]2(NCCN3CCS(=O)(=O)CC3)CC[C@]3(C)[C@H](CC[C@@H]4[C@@]5(C)CC=C(C6=CC[C@@](CCOC(=O)c7ccccc7)(C(=O)OCC)CC6)C(C)(C)[C@@H]5CC[C@]43C)[C@@H]12. The molecule has 1 aromatic carbocycles. The highest BCUT2D eigenvalue weighted by Gasteiger charge is 2.70. The zero-order valence-corrected chi connectivity index (χ0v) is 40.1. The van der Waals surface area contributed by atoms with Crippen molar-refractivity contribution in [1.29, 1.82) is 0 Å². The minimum Gasteiger partial charge on any atom is -0.466 e. The minimum absolute atomic E-state index is 0.00768. The van der Waals surface area contributed by atoms with E-state index < -0.39 is 15.3 Å². The third kappa shape index (κ3) is 7.71. The Morgan fingerprint density at radius 2 is 1.60 bits per heavy atom. The van der Waals surface area contributed by atoms with Crippen molar-refractivity contribution in [2.45, 2.75) is 137 Å². The van der Waals surface area contributed by atoms with E-state index in [1.807, 2.05) is 25.1 Å². The molecule has 7 aliphatic rings. The molecule has 5 fully saturated rings. The predicted molar refractivity (Wildman–Crippen MR) is 248 cm³/mol. The first-order valence-corrected chi connectivity index (χ1v) is 26.3. The van der Waals surface area contributed by atoms with Crippen molar-refractivity contribution in [2.75, 3.05) is 50.9 Å². The van der Waals surface area contributed by atoms with Crippen molar-refractivity contribution in [3.05, 3.63) is 71.3 Å². The smallest absolute Gasteiger partial charge is 0.338 e. The van der Waals surface area contributed by atoms with Gasteiger partial charge in [0.15, 0.2) is 9.84 Å². The lowest BCUT2D eigenvalue weighted by Gasteiger charge is -2.72. The first-order valence-electron chi connectivity index (χ1n) is 24.5. The highest BCUT2D eigenvalue weighted by atomic mass is 32.2. The number of hydrogen-bond donors (Lipinski definition) is 1. The van der Waals surface area contributed by atoms with Crippen molar-refractivity contribution in [2.24, 2.45) is 56.7 Å². The number of allylic oxidation sites excluding steroid dienone is 5. The van der Waals surface area contributed by atoms with Crippen LogP contribution < -0.4 is 5.32 Å². The van der Waals surface area contributed by atoms with E-state index in [0.717, 1.165) is 25.9 Å². The molecule has 10 atom stereocenters. The zero-order valence-electron chi connectivity index (χ0n) is 39.3. The number of nitrogens with zero attached hydrogens (tertiary/aromatic N) is 1. The Morgan fingerprint density at radius 3 is 2.27 bits per heavy atom. The fourth-order valence-corrected chi connectivity index (χ4v) is 17.3. The number of benzene rings is 1. The van der Waals surface area contributed by atoms with E-state index in [1.165, 1.54) is 68.1 Å². The molecule has 1 aliphatic heterocycles. The Kier molecular flexibility index (Phi) is 12.5. The van der Waals surface area contributed by atoms with Gasteiger partial charge in [0, 0.05) is 31.7 Å². The van der Waals surface area contributed by atoms with Gasteiger partial charge in [0.1, 0.15) is 0 Å². The fraction of sp³-hybridized carbons (Fsp3) is 0.736. The maximum absolute atomic E-state index is 13.6. The average molecular weight is 871 g/mol. The molecule has 6 aliphatic carbocycles. The fourth-order valence-electron chi connectivity index (χ4n) is 16.0. The van der Waals surface area contributed by atoms with Crippen LogP contribution in [0.15, 0.2) is 65.8 Å². The molecular weight excluding hydrogens is 793 g/mol. The van der Waals surface area contributed by atoms with Crippen LogP contribution in [0.25, 0.3) is 0 Å². The van der Waals surface area contributed by atoms with Crippen LogP contribution in [0.3, 0.4) is 0 Å². The molecule has 0 amide bonds. The Morgan fingerprint density at radius 1 is 0.855 bits per heavy atom. The summed E-state index contributed by atoms with van der Waals surface area (Å²) in [5, 5.41) is 4.23. The van der Waals surface area contributed by atoms with Gasteiger partial charge in [-0.05, 0) is 172 Å². The molecule has 0 bridgehead atoms. The van der Waals surface area contributed by atoms with Gasteiger partial charge in [0.25, 0.3) is 0 Å². The standard InChI is InChI=1S/C53H78N2O6S/c1-9-60-47(57)52(29-34-61-46(56)39-13-11-10-12-14-39)24-17-38(18-25-52)41-20-22-49(6)43(48(41,4)5)21-23-51(8)44(49)16-15-42-45-40(37(2)3)19-26-53(45,28-27-50(42,51)7)54-30-31-55-32-35-62(58,59)36-33-55/h10-14,17,20,40,42-45,54H,2,9,15-16,18-19,21-36H2,1,3-8H3/t40-,42+,43-,44+,45+,49-,50+,51+,52+,53-/m0/s1. The van der Waals surface area contributed by atoms with E-state index in [4.69, 9.17) is 9.47 Å². The van der Waals surface area contributed by atoms with Gasteiger partial charge in [-0.2, -0.15) is 0 Å². The molecule has 0 radical (unpaired) electrons. The normalized spacial score (nSPS) is 39.8. The molecule has 1 heterocycles. The van der Waals surface area contributed by atoms with E-state index in [9.17, 15) is 18.0 Å². The van der Waals surface area contributed by atoms with Crippen molar-refractivity contribution in [3.63, 3.8) is 0 Å². The van der Waals surface area contributed by atoms with Gasteiger partial charge in [-0.3, -0.25) is 4.79 Å². The van der Waals surface area contributed by atoms with Crippen molar-refractivity contribution >= 4 is 21.8 Å². The highest BCUT2D eigenvalue weighted by molar-refractivity contribution is 7.91. The quantitative estimate of drug-likeness (QED) is 0.164. The molecule has 9 heteroatoms. The van der Waals surface area contributed by atoms with Gasteiger partial charge in [-0.1, -0.05) is 77.1 Å². The Hall–Kier alpha value is -2.75. The van der Waals surface area contributed by atoms with Gasteiger partial charge in [0.05, 0.1) is 35.7 Å². The minimum atomic E-state index is -2.88. The molecule has 8 nitrogen and oxygen atoms in total. The maximum atomic E-state index is 13.6. The summed E-state index contributed by atoms with van der Waals surface area (Å²) in [7, 11) is -2.88. The molecule has 4 saturated carbocycles. The number of esters is 2. The van der Waals surface area contributed by atoms with E-state index in [2.05, 4.69) is 70.5 Å². The van der Waals surface area contributed by atoms with Crippen LogP contribution in [0.5, 0.6) is 0 Å². The highest BCUT2D eigenvalue weighted by Crippen LogP contribution is 2.76. The van der Waals surface area contributed by atoms with Gasteiger partial charge >= 0.3 is 11.9 Å². The topological polar surface area (TPSA) is 102 Å². The van der Waals surface area contributed by atoms with Gasteiger partial charge in [-0.15, -0.1) is 0 Å². The molecule has 0 unspecified atom stereocenters. The second kappa shape index (κ2) is 16.9. The lowest BCUT2D eigenvalue weighted by atomic mass is 9.33. The van der Waals surface area contributed by atoms with Crippen molar-refractivity contribution in [3.8, 4) is 0 Å². The predicted octanol–water partition coefficient (Wildman–Crippen LogP) is 10.2. The van der Waals surface area contributed by atoms with E-state index >= 15 is 0 Å². The van der Waals surface area contributed by atoms with Crippen molar-refractivity contribution < 1.29 is 27.5 Å². The Labute approximate surface area is 374 Å². The van der Waals surface area contributed by atoms with E-state index in [1.54, 1.807) is 12.1 Å². The van der Waals surface area contributed by atoms with Crippen molar-refractivity contribution in [1.82, 2.24) is 10.2 Å². The Balaban J connectivity index is 0.991. The van der Waals surface area contributed by atoms with E-state index in [-0.39, 0.29) is 45.7 Å². The molecule has 0 spiro atoms. The molecule has 0 aromatic heterocycles. The van der Waals surface area contributed by atoms with Gasteiger partial charge < -0.3 is 19.7 Å². The lowest BCUT2D eigenvalue weighted by Crippen LogP contribution is -2.68. The van der Waals surface area contributed by atoms with Crippen LogP contribution in [0.4, 0.5) is 0 Å². The summed E-state index contributed by atoms with van der Waals surface area (Å²) < 4.78 is 35.6. The summed E-state index contributed by atoms with van der Waals surface area (Å²) in [6.07, 6.45) is 18.7. The number of sulfone groups is 1. The second-order valence-electron chi connectivity index (χ2n) is 22.5. The van der Waals surface area contributed by atoms with Crippen LogP contribution in [0.2, 0.25) is 0 Å². The monoisotopic (exact) mass is 871 g/mol. The first kappa shape index (κ1) is 45.8. The summed E-state index contributed by atoms with van der Waals surface area (Å²) in [5.74, 6) is 3.08. The molecule has 8 rings (SSSR count). The first-order chi connectivity index (χ1) is 29.3. The number of carbonyl (C=O) groups excluding carboxylic acids is 2. The van der Waals surface area contributed by atoms with Gasteiger partial charge in [0.2, 0.25) is 0 Å². The largest absolute Gasteiger partial charge is 0.466 e. The third-order valence-electron chi connectivity index (χ3n) is 19.5. The molecule has 1 aromatic rings. The summed E-state index contributed by atoms with van der Waals surface area (Å²) in [4.78, 5) is 28.7. The van der Waals surface area contributed by atoms with E-state index in [0.29, 0.717) is 85.6 Å². The summed E-state index contributed by atoms with van der Waals surface area (Å²) in [5.41, 5.74) is 4.94. The molecule has 62 heavy (non-hydrogen) atoms. The number of hydrogen-bond acceptors (Lipinski definition) is 8. The summed E-state index contributed by atoms with van der Waals surface area (Å²) in [6, 6.07) is 9.06. The van der Waals surface area contributed by atoms with Crippen LogP contribution in [-0.2, 0) is 24.1 Å². The molecular formula is C53H78N2O6S. The summed E-state index contributed by atoms with van der Waals surface area (Å²) >= 11 is 0. The lowest BCUT2D eigenvalue weighted by molar-refractivity contribution is -0.221. The number of carbonyl (C=O) groups is 2. The second-order valence-corrected chi connectivity index (χ2v) is 24.8. The average Bonchev–Trinajstić information content (AvgIpc) is 3.62.